The van der Waals surface area contributed by atoms with Gasteiger partial charge in [-0.2, -0.15) is 4.83 Å². The monoisotopic (exact) mass is 542 g/mol. The Labute approximate surface area is 224 Å². The number of sulfonamides is 1. The summed E-state index contributed by atoms with van der Waals surface area (Å²) in [7, 11) is -3.37. The maximum absolute atomic E-state index is 15.0. The highest BCUT2D eigenvalue weighted by Gasteiger charge is 2.58. The second kappa shape index (κ2) is 9.39. The second-order valence-corrected chi connectivity index (χ2v) is 14.8. The van der Waals surface area contributed by atoms with Gasteiger partial charge in [0.1, 0.15) is 5.82 Å². The molecule has 2 aromatic rings. The number of benzene rings is 1. The third-order valence-corrected chi connectivity index (χ3v) is 12.0. The van der Waals surface area contributed by atoms with Gasteiger partial charge in [-0.15, -0.1) is 0 Å². The van der Waals surface area contributed by atoms with Crippen LogP contribution < -0.4 is 10.3 Å². The van der Waals surface area contributed by atoms with Crippen LogP contribution in [0, 0.1) is 34.9 Å². The van der Waals surface area contributed by atoms with Crippen LogP contribution >= 0.6 is 0 Å². The van der Waals surface area contributed by atoms with Crippen LogP contribution in [0.1, 0.15) is 82.2 Å². The number of nitrogens with zero attached hydrogens (tertiary/aromatic N) is 2. The van der Waals surface area contributed by atoms with Gasteiger partial charge in [0, 0.05) is 17.2 Å². The summed E-state index contributed by atoms with van der Waals surface area (Å²) in [6.45, 7) is 0. The lowest BCUT2D eigenvalue weighted by Gasteiger charge is -2.61. The lowest BCUT2D eigenvalue weighted by molar-refractivity contribution is -0.138. The lowest BCUT2D eigenvalue weighted by Crippen LogP contribution is -2.63. The van der Waals surface area contributed by atoms with Gasteiger partial charge in [-0.05, 0) is 86.5 Å². The van der Waals surface area contributed by atoms with Crippen molar-refractivity contribution in [1.82, 2.24) is 19.8 Å². The van der Waals surface area contributed by atoms with Crippen molar-refractivity contribution in [2.75, 3.05) is 5.75 Å². The van der Waals surface area contributed by atoms with E-state index < -0.39 is 16.1 Å². The molecule has 7 nitrogen and oxygen atoms in total. The molecule has 6 aliphatic rings. The van der Waals surface area contributed by atoms with E-state index in [0.717, 1.165) is 69.0 Å². The number of imidazole rings is 1. The van der Waals surface area contributed by atoms with E-state index in [9.17, 15) is 17.9 Å². The van der Waals surface area contributed by atoms with E-state index in [-0.39, 0.29) is 35.0 Å². The molecule has 1 aromatic heterocycles. The highest BCUT2D eigenvalue weighted by molar-refractivity contribution is 7.89. The van der Waals surface area contributed by atoms with Gasteiger partial charge in [-0.3, -0.25) is 0 Å². The molecular weight excluding hydrogens is 503 g/mol. The molecule has 1 aromatic carbocycles. The molecule has 0 amide bonds. The molecule has 5 saturated carbocycles. The van der Waals surface area contributed by atoms with Crippen molar-refractivity contribution >= 4 is 10.0 Å². The summed E-state index contributed by atoms with van der Waals surface area (Å²) >= 11 is 0. The smallest absolute Gasteiger partial charge is 0.224 e. The van der Waals surface area contributed by atoms with Crippen LogP contribution in [0.4, 0.5) is 4.39 Å². The molecular formula is C29H39FN4O3S. The van der Waals surface area contributed by atoms with Crippen LogP contribution in [0.5, 0.6) is 0 Å². The van der Waals surface area contributed by atoms with Crippen LogP contribution in [0.15, 0.2) is 30.7 Å². The molecule has 5 fully saturated rings. The first-order valence-corrected chi connectivity index (χ1v) is 16.2. The number of aliphatic hydroxyl groups is 1. The van der Waals surface area contributed by atoms with Gasteiger partial charge in [0.15, 0.2) is 0 Å². The van der Waals surface area contributed by atoms with Crippen molar-refractivity contribution in [1.29, 1.82) is 0 Å². The van der Waals surface area contributed by atoms with E-state index in [4.69, 9.17) is 0 Å². The highest BCUT2D eigenvalue weighted by atomic mass is 32.2. The number of halogens is 1. The maximum Gasteiger partial charge on any atom is 0.224 e. The molecule has 9 heteroatoms. The second-order valence-electron chi connectivity index (χ2n) is 13.0. The molecule has 0 spiro atoms. The summed E-state index contributed by atoms with van der Waals surface area (Å²) in [5, 5.41) is 11.8. The third kappa shape index (κ3) is 4.25. The molecule has 206 valence electrons. The number of nitrogens with one attached hydrogen (secondary N) is 2. The predicted octanol–water partition coefficient (Wildman–Crippen LogP) is 4.54. The van der Waals surface area contributed by atoms with Gasteiger partial charge >= 0.3 is 0 Å². The number of fused-ring (bicyclic) bond motifs is 3. The summed E-state index contributed by atoms with van der Waals surface area (Å²) in [6.07, 6.45) is 13.9. The van der Waals surface area contributed by atoms with E-state index in [1.807, 2.05) is 10.6 Å². The van der Waals surface area contributed by atoms with Crippen LogP contribution in [0.3, 0.4) is 0 Å². The summed E-state index contributed by atoms with van der Waals surface area (Å²) in [6, 6.07) is 5.04. The molecule has 5 aliphatic carbocycles. The van der Waals surface area contributed by atoms with Crippen molar-refractivity contribution < 1.29 is 17.9 Å². The predicted molar refractivity (Wildman–Crippen MR) is 143 cm³/mol. The summed E-state index contributed by atoms with van der Waals surface area (Å²) in [4.78, 5) is 7.07. The van der Waals surface area contributed by atoms with Crippen molar-refractivity contribution in [2.24, 2.45) is 29.1 Å². The molecule has 4 atom stereocenters. The van der Waals surface area contributed by atoms with Crippen LogP contribution in [0.2, 0.25) is 0 Å². The molecule has 4 bridgehead atoms. The molecule has 0 saturated heterocycles. The van der Waals surface area contributed by atoms with Crippen LogP contribution in [-0.4, -0.2) is 41.0 Å². The van der Waals surface area contributed by atoms with E-state index >= 15 is 0 Å². The van der Waals surface area contributed by atoms with Crippen molar-refractivity contribution in [3.63, 3.8) is 0 Å². The Hall–Kier alpha value is -1.81. The fraction of sp³-hybridized carbons (Fsp3) is 0.690. The first-order valence-electron chi connectivity index (χ1n) is 14.6. The minimum atomic E-state index is -3.37. The highest BCUT2D eigenvalue weighted by Crippen LogP contribution is 2.62. The zero-order valence-corrected chi connectivity index (χ0v) is 22.7. The zero-order chi connectivity index (χ0) is 26.1. The van der Waals surface area contributed by atoms with Crippen LogP contribution in [-0.2, 0) is 10.0 Å². The fourth-order valence-corrected chi connectivity index (χ4v) is 10.6. The Morgan fingerprint density at radius 3 is 2.66 bits per heavy atom. The molecule has 2 heterocycles. The number of hydrogen-bond acceptors (Lipinski definition) is 5. The maximum atomic E-state index is 15.0. The number of hydrazine groups is 1. The molecule has 38 heavy (non-hydrogen) atoms. The van der Waals surface area contributed by atoms with Gasteiger partial charge in [-0.25, -0.2) is 23.2 Å². The Bertz CT molecular complexity index is 1290. The van der Waals surface area contributed by atoms with Gasteiger partial charge < -0.3 is 9.67 Å². The largest absolute Gasteiger partial charge is 0.392 e. The molecule has 3 N–H and O–H groups in total. The number of rotatable bonds is 8. The average molecular weight is 543 g/mol. The van der Waals surface area contributed by atoms with Crippen molar-refractivity contribution in [3.8, 4) is 11.3 Å². The molecule has 0 radical (unpaired) electrons. The summed E-state index contributed by atoms with van der Waals surface area (Å²) < 4.78 is 42.7. The van der Waals surface area contributed by atoms with Gasteiger partial charge in [0.05, 0.1) is 36.1 Å². The number of aliphatic hydroxyl groups excluding tert-OH is 1. The van der Waals surface area contributed by atoms with E-state index in [1.165, 1.54) is 12.5 Å². The molecule has 1 aliphatic heterocycles. The molecule has 4 unspecified atom stereocenters. The Morgan fingerprint density at radius 2 is 1.89 bits per heavy atom. The fourth-order valence-electron chi connectivity index (χ4n) is 9.29. The van der Waals surface area contributed by atoms with Crippen molar-refractivity contribution in [3.05, 3.63) is 42.1 Å². The molecule has 8 rings (SSSR count). The van der Waals surface area contributed by atoms with Gasteiger partial charge in [0.2, 0.25) is 10.0 Å². The first kappa shape index (κ1) is 25.2. The van der Waals surface area contributed by atoms with E-state index in [1.54, 1.807) is 18.6 Å². The first-order chi connectivity index (χ1) is 18.3. The standard InChI is InChI=1S/C29H39FN4O3S/c30-23-8-4-7-22-25-15-31-17-34(25)24(27(22)23)11-26(35)29-12-19-9-20(13-29)28(21(10-19)14-29)32-33-38(36,37)16-18-5-2-1-3-6-18/h4,7-8,15,17-21,24,26,28,32-33,35H,1-3,5-6,9-14,16H2. The zero-order valence-electron chi connectivity index (χ0n) is 21.9. The topological polar surface area (TPSA) is 96.2 Å². The van der Waals surface area contributed by atoms with Crippen molar-refractivity contribution in [2.45, 2.75) is 88.8 Å². The van der Waals surface area contributed by atoms with E-state index in [0.29, 0.717) is 29.7 Å². The normalized spacial score (nSPS) is 34.8. The minimum Gasteiger partial charge on any atom is -0.392 e. The third-order valence-electron chi connectivity index (χ3n) is 10.7. The Morgan fingerprint density at radius 1 is 1.13 bits per heavy atom. The lowest BCUT2D eigenvalue weighted by atomic mass is 9.46. The summed E-state index contributed by atoms with van der Waals surface area (Å²) in [5.74, 6) is 1.49. The quantitative estimate of drug-likeness (QED) is 0.426. The number of hydrogen-bond donors (Lipinski definition) is 3. The minimum absolute atomic E-state index is 0.109. The Kier molecular flexibility index (Phi) is 6.22. The van der Waals surface area contributed by atoms with Gasteiger partial charge in [-0.1, -0.05) is 31.4 Å². The number of aromatic nitrogens is 2. The van der Waals surface area contributed by atoms with E-state index in [2.05, 4.69) is 15.2 Å². The SMILES string of the molecule is O=S(=O)(CC1CCCCC1)NNC1C2CC3CC1CC(C(O)CC1c4c(F)cccc4-c4cncn41)(C3)C2. The van der Waals surface area contributed by atoms with Gasteiger partial charge in [0.25, 0.3) is 0 Å². The summed E-state index contributed by atoms with van der Waals surface area (Å²) in [5.41, 5.74) is 5.53. The average Bonchev–Trinajstić information content (AvgIpc) is 3.47. The van der Waals surface area contributed by atoms with Crippen LogP contribution in [0.25, 0.3) is 11.3 Å². The Balaban J connectivity index is 1.05.